The van der Waals surface area contributed by atoms with Crippen LogP contribution in [0.25, 0.3) is 0 Å². The quantitative estimate of drug-likeness (QED) is 0.848. The normalized spacial score (nSPS) is 23.7. The van der Waals surface area contributed by atoms with Gasteiger partial charge < -0.3 is 11.1 Å². The fraction of sp³-hybridized carbons (Fsp3) is 0.200. The van der Waals surface area contributed by atoms with Crippen molar-refractivity contribution in [2.24, 2.45) is 10.7 Å². The van der Waals surface area contributed by atoms with Gasteiger partial charge in [-0.25, -0.2) is 4.39 Å². The van der Waals surface area contributed by atoms with E-state index < -0.39 is 5.91 Å². The molecular formula is C15H14FN3O. The third-order valence-corrected chi connectivity index (χ3v) is 3.49. The lowest BCUT2D eigenvalue weighted by molar-refractivity contribution is -0.114. The Morgan fingerprint density at radius 3 is 2.95 bits per heavy atom. The molecule has 2 unspecified atom stereocenters. The summed E-state index contributed by atoms with van der Waals surface area (Å²) in [6, 6.07) is 4.44. The van der Waals surface area contributed by atoms with Gasteiger partial charge in [-0.05, 0) is 24.6 Å². The molecule has 1 aliphatic heterocycles. The first-order valence-corrected chi connectivity index (χ1v) is 6.35. The van der Waals surface area contributed by atoms with Crippen LogP contribution in [0.1, 0.15) is 11.1 Å². The molecule has 1 amide bonds. The van der Waals surface area contributed by atoms with Crippen LogP contribution in [0, 0.1) is 12.7 Å². The average molecular weight is 271 g/mol. The molecular weight excluding hydrogens is 257 g/mol. The van der Waals surface area contributed by atoms with Crippen molar-refractivity contribution in [1.82, 2.24) is 5.32 Å². The van der Waals surface area contributed by atoms with E-state index in [-0.39, 0.29) is 17.9 Å². The number of hydrogen-bond donors (Lipinski definition) is 2. The number of aliphatic imine (C=N–C) groups is 1. The van der Waals surface area contributed by atoms with Gasteiger partial charge in [0.25, 0.3) is 0 Å². The summed E-state index contributed by atoms with van der Waals surface area (Å²) in [5.41, 5.74) is 7.03. The Hall–Kier alpha value is -2.43. The molecule has 5 heteroatoms. The summed E-state index contributed by atoms with van der Waals surface area (Å²) in [5.74, 6) is -0.375. The minimum absolute atomic E-state index is 0.154. The number of amidine groups is 1. The molecule has 4 nitrogen and oxygen atoms in total. The molecule has 0 fully saturated rings. The van der Waals surface area contributed by atoms with E-state index in [4.69, 9.17) is 5.73 Å². The van der Waals surface area contributed by atoms with Gasteiger partial charge in [0.1, 0.15) is 17.7 Å². The zero-order valence-corrected chi connectivity index (χ0v) is 10.9. The lowest BCUT2D eigenvalue weighted by atomic mass is 9.95. The molecule has 102 valence electrons. The summed E-state index contributed by atoms with van der Waals surface area (Å²) in [5, 5.41) is 3.13. The van der Waals surface area contributed by atoms with Gasteiger partial charge in [0.2, 0.25) is 5.91 Å². The number of allylic oxidation sites excluding steroid dienone is 2. The number of benzene rings is 1. The SMILES string of the molecule is Cc1ccc(C2=NC3C(C(N)=O)=CC=CC3N2)c(F)c1. The number of hydrogen-bond acceptors (Lipinski definition) is 3. The van der Waals surface area contributed by atoms with E-state index >= 15 is 0 Å². The topological polar surface area (TPSA) is 67.5 Å². The minimum Gasteiger partial charge on any atom is -0.366 e. The molecule has 2 atom stereocenters. The van der Waals surface area contributed by atoms with Crippen LogP contribution in [0.5, 0.6) is 0 Å². The second kappa shape index (κ2) is 4.59. The van der Waals surface area contributed by atoms with Gasteiger partial charge in [-0.15, -0.1) is 0 Å². The predicted molar refractivity (Wildman–Crippen MR) is 74.8 cm³/mol. The minimum atomic E-state index is -0.500. The molecule has 1 aromatic carbocycles. The summed E-state index contributed by atoms with van der Waals surface area (Å²) >= 11 is 0. The number of halogens is 1. The lowest BCUT2D eigenvalue weighted by Gasteiger charge is -2.18. The third kappa shape index (κ3) is 2.01. The summed E-state index contributed by atoms with van der Waals surface area (Å²) < 4.78 is 14.0. The number of amides is 1. The molecule has 1 aromatic rings. The van der Waals surface area contributed by atoms with E-state index in [1.807, 2.05) is 19.1 Å². The highest BCUT2D eigenvalue weighted by atomic mass is 19.1. The fourth-order valence-corrected chi connectivity index (χ4v) is 2.47. The number of aryl methyl sites for hydroxylation is 1. The van der Waals surface area contributed by atoms with Crippen molar-refractivity contribution in [3.63, 3.8) is 0 Å². The number of carbonyl (C=O) groups excluding carboxylic acids is 1. The van der Waals surface area contributed by atoms with Crippen LogP contribution >= 0.6 is 0 Å². The van der Waals surface area contributed by atoms with Crippen molar-refractivity contribution >= 4 is 11.7 Å². The van der Waals surface area contributed by atoms with E-state index in [0.717, 1.165) is 5.56 Å². The average Bonchev–Trinajstić information content (AvgIpc) is 2.81. The second-order valence-electron chi connectivity index (χ2n) is 4.95. The zero-order chi connectivity index (χ0) is 14.3. The highest BCUT2D eigenvalue weighted by Gasteiger charge is 2.34. The van der Waals surface area contributed by atoms with Crippen molar-refractivity contribution in [3.8, 4) is 0 Å². The van der Waals surface area contributed by atoms with Gasteiger partial charge in [0, 0.05) is 5.57 Å². The Morgan fingerprint density at radius 1 is 1.45 bits per heavy atom. The van der Waals surface area contributed by atoms with E-state index in [1.54, 1.807) is 18.2 Å². The Morgan fingerprint density at radius 2 is 2.25 bits per heavy atom. The number of nitrogens with two attached hydrogens (primary N) is 1. The number of nitrogens with zero attached hydrogens (tertiary/aromatic N) is 1. The zero-order valence-electron chi connectivity index (χ0n) is 10.9. The predicted octanol–water partition coefficient (Wildman–Crippen LogP) is 1.20. The first-order chi connectivity index (χ1) is 9.56. The van der Waals surface area contributed by atoms with Crippen LogP contribution in [0.15, 0.2) is 47.0 Å². The summed E-state index contributed by atoms with van der Waals surface area (Å²) in [4.78, 5) is 15.8. The monoisotopic (exact) mass is 271 g/mol. The molecule has 3 rings (SSSR count). The molecule has 2 aliphatic rings. The van der Waals surface area contributed by atoms with Gasteiger partial charge in [-0.1, -0.05) is 24.3 Å². The molecule has 0 aromatic heterocycles. The van der Waals surface area contributed by atoms with E-state index in [1.165, 1.54) is 6.07 Å². The number of rotatable bonds is 2. The molecule has 0 bridgehead atoms. The van der Waals surface area contributed by atoms with E-state index in [0.29, 0.717) is 17.0 Å². The molecule has 0 saturated heterocycles. The van der Waals surface area contributed by atoms with Crippen LogP contribution in [-0.4, -0.2) is 23.8 Å². The molecule has 1 aliphatic carbocycles. The first kappa shape index (κ1) is 12.6. The Kier molecular flexibility index (Phi) is 2.89. The van der Waals surface area contributed by atoms with Gasteiger partial charge in [-0.2, -0.15) is 0 Å². The largest absolute Gasteiger partial charge is 0.366 e. The Bertz CT molecular complexity index is 676. The molecule has 0 saturated carbocycles. The maximum Gasteiger partial charge on any atom is 0.246 e. The summed E-state index contributed by atoms with van der Waals surface area (Å²) in [6.07, 6.45) is 5.31. The first-order valence-electron chi connectivity index (χ1n) is 6.35. The molecule has 3 N–H and O–H groups in total. The van der Waals surface area contributed by atoms with Gasteiger partial charge in [0.15, 0.2) is 0 Å². The van der Waals surface area contributed by atoms with Gasteiger partial charge >= 0.3 is 0 Å². The smallest absolute Gasteiger partial charge is 0.246 e. The van der Waals surface area contributed by atoms with Crippen molar-refractivity contribution < 1.29 is 9.18 Å². The van der Waals surface area contributed by atoms with Crippen molar-refractivity contribution in [1.29, 1.82) is 0 Å². The Balaban J connectivity index is 1.98. The number of fused-ring (bicyclic) bond motifs is 1. The van der Waals surface area contributed by atoms with Crippen LogP contribution in [0.3, 0.4) is 0 Å². The van der Waals surface area contributed by atoms with Crippen LogP contribution in [-0.2, 0) is 4.79 Å². The summed E-state index contributed by atoms with van der Waals surface area (Å²) in [7, 11) is 0. The van der Waals surface area contributed by atoms with Crippen molar-refractivity contribution in [2.75, 3.05) is 0 Å². The number of carbonyl (C=O) groups is 1. The maximum atomic E-state index is 14.0. The Labute approximate surface area is 115 Å². The number of nitrogens with one attached hydrogen (secondary N) is 1. The third-order valence-electron chi connectivity index (χ3n) is 3.49. The van der Waals surface area contributed by atoms with Gasteiger partial charge in [-0.3, -0.25) is 9.79 Å². The highest BCUT2D eigenvalue weighted by Crippen LogP contribution is 2.24. The van der Waals surface area contributed by atoms with Crippen LogP contribution < -0.4 is 11.1 Å². The van der Waals surface area contributed by atoms with Crippen molar-refractivity contribution in [3.05, 3.63) is 58.9 Å². The highest BCUT2D eigenvalue weighted by molar-refractivity contribution is 6.03. The van der Waals surface area contributed by atoms with E-state index in [2.05, 4.69) is 10.3 Å². The van der Waals surface area contributed by atoms with E-state index in [9.17, 15) is 9.18 Å². The fourth-order valence-electron chi connectivity index (χ4n) is 2.47. The van der Waals surface area contributed by atoms with Crippen LogP contribution in [0.2, 0.25) is 0 Å². The molecule has 1 heterocycles. The summed E-state index contributed by atoms with van der Waals surface area (Å²) in [6.45, 7) is 1.83. The van der Waals surface area contributed by atoms with Gasteiger partial charge in [0.05, 0.1) is 11.6 Å². The molecule has 0 spiro atoms. The molecule has 0 radical (unpaired) electrons. The molecule has 20 heavy (non-hydrogen) atoms. The maximum absolute atomic E-state index is 14.0. The van der Waals surface area contributed by atoms with Crippen LogP contribution in [0.4, 0.5) is 4.39 Å². The standard InChI is InChI=1S/C15H14FN3O/c1-8-5-6-9(11(16)7-8)15-18-12-4-2-3-10(14(17)20)13(12)19-15/h2-7,12-13H,1H3,(H2,17,20)(H,18,19). The lowest BCUT2D eigenvalue weighted by Crippen LogP contribution is -2.38. The van der Waals surface area contributed by atoms with Crippen molar-refractivity contribution in [2.45, 2.75) is 19.0 Å². The second-order valence-corrected chi connectivity index (χ2v) is 4.95. The number of primary amides is 1.